The first kappa shape index (κ1) is 13.1. The minimum atomic E-state index is 0.455. The van der Waals surface area contributed by atoms with Crippen LogP contribution in [-0.4, -0.2) is 22.1 Å². The molecule has 100 valence electrons. The molecule has 0 radical (unpaired) electrons. The van der Waals surface area contributed by atoms with Crippen LogP contribution in [0.4, 0.5) is 5.69 Å². The molecule has 2 aromatic rings. The van der Waals surface area contributed by atoms with Gasteiger partial charge in [-0.25, -0.2) is 4.98 Å². The van der Waals surface area contributed by atoms with Gasteiger partial charge in [-0.3, -0.25) is 4.99 Å². The van der Waals surface area contributed by atoms with Crippen molar-refractivity contribution >= 4 is 11.6 Å². The number of rotatable bonds is 5. The number of hydrogen-bond donors (Lipinski definition) is 2. The lowest BCUT2D eigenvalue weighted by molar-refractivity contribution is 0.650. The van der Waals surface area contributed by atoms with Crippen molar-refractivity contribution < 1.29 is 0 Å². The van der Waals surface area contributed by atoms with Gasteiger partial charge < -0.3 is 15.6 Å². The summed E-state index contributed by atoms with van der Waals surface area (Å²) < 4.78 is 2.03. The molecule has 19 heavy (non-hydrogen) atoms. The third-order valence-corrected chi connectivity index (χ3v) is 2.71. The van der Waals surface area contributed by atoms with Crippen LogP contribution in [0.1, 0.15) is 12.0 Å². The Morgan fingerprint density at radius 1 is 1.47 bits per heavy atom. The molecule has 2 rings (SSSR count). The number of nitrogens with zero attached hydrogens (tertiary/aromatic N) is 3. The van der Waals surface area contributed by atoms with Crippen molar-refractivity contribution in [2.75, 3.05) is 11.9 Å². The van der Waals surface area contributed by atoms with Crippen LogP contribution in [0.5, 0.6) is 0 Å². The summed E-state index contributed by atoms with van der Waals surface area (Å²) in [6.45, 7) is 3.65. The molecular weight excluding hydrogens is 238 g/mol. The molecule has 0 unspecified atom stereocenters. The smallest absolute Gasteiger partial charge is 0.193 e. The van der Waals surface area contributed by atoms with Gasteiger partial charge in [0.25, 0.3) is 0 Å². The number of aliphatic imine (C=N–C) groups is 1. The maximum atomic E-state index is 5.83. The van der Waals surface area contributed by atoms with Crippen LogP contribution in [0.15, 0.2) is 48.0 Å². The fourth-order valence-electron chi connectivity index (χ4n) is 1.78. The molecule has 0 aliphatic carbocycles. The monoisotopic (exact) mass is 257 g/mol. The van der Waals surface area contributed by atoms with E-state index in [2.05, 4.69) is 15.3 Å². The average Bonchev–Trinajstić information content (AvgIpc) is 2.88. The van der Waals surface area contributed by atoms with Gasteiger partial charge in [-0.1, -0.05) is 12.1 Å². The highest BCUT2D eigenvalue weighted by Gasteiger charge is 1.95. The number of anilines is 1. The van der Waals surface area contributed by atoms with Crippen LogP contribution in [0.25, 0.3) is 0 Å². The SMILES string of the molecule is Cc1cccc(NC(N)=NCCCn2ccnc2)c1. The Morgan fingerprint density at radius 3 is 3.11 bits per heavy atom. The zero-order chi connectivity index (χ0) is 13.5. The summed E-state index contributed by atoms with van der Waals surface area (Å²) in [5.74, 6) is 0.455. The van der Waals surface area contributed by atoms with Gasteiger partial charge in [-0.05, 0) is 31.0 Å². The van der Waals surface area contributed by atoms with Crippen LogP contribution in [-0.2, 0) is 6.54 Å². The van der Waals surface area contributed by atoms with Crippen LogP contribution in [0.3, 0.4) is 0 Å². The molecule has 0 aliphatic rings. The van der Waals surface area contributed by atoms with E-state index in [4.69, 9.17) is 5.73 Å². The van der Waals surface area contributed by atoms with E-state index in [0.29, 0.717) is 12.5 Å². The first-order valence-corrected chi connectivity index (χ1v) is 6.33. The molecule has 0 spiro atoms. The summed E-state index contributed by atoms with van der Waals surface area (Å²) in [4.78, 5) is 8.29. The van der Waals surface area contributed by atoms with Crippen molar-refractivity contribution in [3.05, 3.63) is 48.5 Å². The van der Waals surface area contributed by atoms with E-state index >= 15 is 0 Å². The number of aryl methyl sites for hydroxylation is 2. The Morgan fingerprint density at radius 2 is 2.37 bits per heavy atom. The summed E-state index contributed by atoms with van der Waals surface area (Å²) >= 11 is 0. The van der Waals surface area contributed by atoms with Crippen LogP contribution < -0.4 is 11.1 Å². The highest BCUT2D eigenvalue weighted by molar-refractivity contribution is 5.92. The standard InChI is InChI=1S/C14H19N5/c1-12-4-2-5-13(10-12)18-14(15)17-6-3-8-19-9-7-16-11-19/h2,4-5,7,9-11H,3,6,8H2,1H3,(H3,15,17,18). The zero-order valence-corrected chi connectivity index (χ0v) is 11.1. The van der Waals surface area contributed by atoms with Gasteiger partial charge in [0, 0.05) is 31.2 Å². The lowest BCUT2D eigenvalue weighted by atomic mass is 10.2. The van der Waals surface area contributed by atoms with Crippen molar-refractivity contribution in [2.24, 2.45) is 10.7 Å². The van der Waals surface area contributed by atoms with Crippen molar-refractivity contribution in [1.82, 2.24) is 9.55 Å². The number of nitrogens with two attached hydrogens (primary N) is 1. The maximum Gasteiger partial charge on any atom is 0.193 e. The third-order valence-electron chi connectivity index (χ3n) is 2.71. The fourth-order valence-corrected chi connectivity index (χ4v) is 1.78. The van der Waals surface area contributed by atoms with E-state index in [9.17, 15) is 0 Å². The molecule has 0 aliphatic heterocycles. The van der Waals surface area contributed by atoms with Crippen molar-refractivity contribution in [3.8, 4) is 0 Å². The minimum Gasteiger partial charge on any atom is -0.370 e. The van der Waals surface area contributed by atoms with E-state index in [1.54, 1.807) is 12.5 Å². The molecule has 1 aromatic heterocycles. The normalized spacial score (nSPS) is 11.5. The van der Waals surface area contributed by atoms with Gasteiger partial charge in [0.15, 0.2) is 5.96 Å². The summed E-state index contributed by atoms with van der Waals surface area (Å²) in [7, 11) is 0. The van der Waals surface area contributed by atoms with E-state index in [0.717, 1.165) is 18.7 Å². The number of imidazole rings is 1. The van der Waals surface area contributed by atoms with Gasteiger partial charge in [0.1, 0.15) is 0 Å². The summed E-state index contributed by atoms with van der Waals surface area (Å²) in [6.07, 6.45) is 6.46. The van der Waals surface area contributed by atoms with Crippen LogP contribution in [0, 0.1) is 6.92 Å². The molecule has 0 saturated heterocycles. The van der Waals surface area contributed by atoms with E-state index in [1.807, 2.05) is 42.0 Å². The Bertz CT molecular complexity index is 531. The average molecular weight is 257 g/mol. The predicted molar refractivity (Wildman–Crippen MR) is 78.1 cm³/mol. The van der Waals surface area contributed by atoms with Crippen LogP contribution >= 0.6 is 0 Å². The highest BCUT2D eigenvalue weighted by atomic mass is 15.1. The second kappa shape index (κ2) is 6.58. The van der Waals surface area contributed by atoms with Gasteiger partial charge >= 0.3 is 0 Å². The lowest BCUT2D eigenvalue weighted by Crippen LogP contribution is -2.23. The molecule has 3 N–H and O–H groups in total. The van der Waals surface area contributed by atoms with Crippen molar-refractivity contribution in [3.63, 3.8) is 0 Å². The number of benzene rings is 1. The van der Waals surface area contributed by atoms with Gasteiger partial charge in [-0.15, -0.1) is 0 Å². The molecule has 5 nitrogen and oxygen atoms in total. The largest absolute Gasteiger partial charge is 0.370 e. The molecule has 0 saturated carbocycles. The first-order valence-electron chi connectivity index (χ1n) is 6.33. The molecule has 0 fully saturated rings. The Kier molecular flexibility index (Phi) is 4.55. The Balaban J connectivity index is 1.76. The van der Waals surface area contributed by atoms with Crippen molar-refractivity contribution in [1.29, 1.82) is 0 Å². The third kappa shape index (κ3) is 4.46. The van der Waals surface area contributed by atoms with E-state index in [-0.39, 0.29) is 0 Å². The topological polar surface area (TPSA) is 68.2 Å². The summed E-state index contributed by atoms with van der Waals surface area (Å²) in [5.41, 5.74) is 8.00. The van der Waals surface area contributed by atoms with Gasteiger partial charge in [-0.2, -0.15) is 0 Å². The minimum absolute atomic E-state index is 0.455. The molecule has 1 heterocycles. The lowest BCUT2D eigenvalue weighted by Gasteiger charge is -2.06. The summed E-state index contributed by atoms with van der Waals surface area (Å²) in [5, 5.41) is 3.08. The number of aromatic nitrogens is 2. The maximum absolute atomic E-state index is 5.83. The number of hydrogen-bond acceptors (Lipinski definition) is 2. The quantitative estimate of drug-likeness (QED) is 0.489. The number of nitrogens with one attached hydrogen (secondary N) is 1. The fraction of sp³-hybridized carbons (Fsp3) is 0.286. The second-order valence-electron chi connectivity index (χ2n) is 4.42. The van der Waals surface area contributed by atoms with Gasteiger partial charge in [0.05, 0.1) is 6.33 Å². The zero-order valence-electron chi connectivity index (χ0n) is 11.1. The van der Waals surface area contributed by atoms with Gasteiger partial charge in [0.2, 0.25) is 0 Å². The molecule has 0 bridgehead atoms. The molecular formula is C14H19N5. The number of guanidine groups is 1. The second-order valence-corrected chi connectivity index (χ2v) is 4.42. The Hall–Kier alpha value is -2.30. The summed E-state index contributed by atoms with van der Waals surface area (Å²) in [6, 6.07) is 8.04. The molecule has 1 aromatic carbocycles. The molecule has 5 heteroatoms. The molecule has 0 amide bonds. The van der Waals surface area contributed by atoms with Crippen LogP contribution in [0.2, 0.25) is 0 Å². The first-order chi connectivity index (χ1) is 9.24. The Labute approximate surface area is 113 Å². The molecule has 0 atom stereocenters. The van der Waals surface area contributed by atoms with E-state index in [1.165, 1.54) is 5.56 Å². The van der Waals surface area contributed by atoms with E-state index < -0.39 is 0 Å². The highest BCUT2D eigenvalue weighted by Crippen LogP contribution is 2.08. The predicted octanol–water partition coefficient (Wildman–Crippen LogP) is 2.01. The van der Waals surface area contributed by atoms with Crippen molar-refractivity contribution in [2.45, 2.75) is 19.9 Å².